The average Bonchev–Trinajstić information content (AvgIpc) is 2.79. The first-order chi connectivity index (χ1) is 20.1. The summed E-state index contributed by atoms with van der Waals surface area (Å²) in [7, 11) is -23.6. The topological polar surface area (TPSA) is 369 Å². The summed E-state index contributed by atoms with van der Waals surface area (Å²) >= 11 is 0. The summed E-state index contributed by atoms with van der Waals surface area (Å²) in [5.74, 6) is -2.11. The molecule has 0 aliphatic carbocycles. The van der Waals surface area contributed by atoms with Crippen molar-refractivity contribution in [2.75, 3.05) is 73.8 Å². The van der Waals surface area contributed by atoms with Gasteiger partial charge in [-0.15, -0.1) is 39.3 Å². The van der Waals surface area contributed by atoms with Crippen molar-refractivity contribution in [3.63, 3.8) is 0 Å². The molecule has 0 amide bonds. The van der Waals surface area contributed by atoms with Crippen molar-refractivity contribution in [1.82, 2.24) is 0 Å². The maximum atomic E-state index is 10.3. The molecule has 30 heteroatoms. The fourth-order valence-corrected chi connectivity index (χ4v) is 5.45. The molecule has 0 fully saturated rings. The number of hydrogen-bond donors (Lipinski definition) is 6. The monoisotopic (exact) mass is 897 g/mol. The van der Waals surface area contributed by atoms with Crippen LogP contribution in [-0.2, 0) is 60.7 Å². The van der Waals surface area contributed by atoms with Crippen LogP contribution >= 0.6 is 0 Å². The molecule has 0 saturated heterocycles. The molecule has 0 spiro atoms. The van der Waals surface area contributed by atoms with Gasteiger partial charge in [-0.1, -0.05) is 38.5 Å². The van der Waals surface area contributed by atoms with E-state index in [2.05, 4.69) is 16.0 Å². The quantitative estimate of drug-likeness (QED) is 0.0298. The van der Waals surface area contributed by atoms with Crippen LogP contribution in [0.2, 0.25) is 0 Å². The van der Waals surface area contributed by atoms with Crippen LogP contribution in [-0.4, -0.2) is 152 Å². The zero-order valence-corrected chi connectivity index (χ0v) is 41.4. The van der Waals surface area contributed by atoms with Crippen LogP contribution in [0.25, 0.3) is 16.0 Å². The van der Waals surface area contributed by atoms with E-state index in [1.165, 1.54) is 0 Å². The summed E-state index contributed by atoms with van der Waals surface area (Å²) in [4.78, 5) is 0. The Balaban J connectivity index is -0.000000134. The third-order valence-electron chi connectivity index (χ3n) is 4.31. The molecule has 276 valence electrons. The summed E-state index contributed by atoms with van der Waals surface area (Å²) in [6.07, 6.45) is 1.19. The van der Waals surface area contributed by atoms with Gasteiger partial charge >= 0.3 is 154 Å². The minimum absolute atomic E-state index is 0. The second-order valence-corrected chi connectivity index (χ2v) is 18.3. The average molecular weight is 898 g/mol. The van der Waals surface area contributed by atoms with Crippen LogP contribution < -0.4 is 154 Å². The summed E-state index contributed by atoms with van der Waals surface area (Å²) in [5.41, 5.74) is 0. The molecular weight excluding hydrogens is 856 g/mol. The van der Waals surface area contributed by atoms with Crippen LogP contribution in [0.5, 0.6) is 0 Å². The largest absolute Gasteiger partial charge is 1.00 e. The minimum Gasteiger partial charge on any atom is -0.662 e. The van der Waals surface area contributed by atoms with Gasteiger partial charge in [0.05, 0.1) is 34.5 Å². The molecule has 21 nitrogen and oxygen atoms in total. The van der Waals surface area contributed by atoms with Gasteiger partial charge in [-0.2, -0.15) is 50.5 Å². The van der Waals surface area contributed by atoms with Crippen LogP contribution in [0.4, 0.5) is 0 Å². The molecule has 0 aromatic rings. The smallest absolute Gasteiger partial charge is 0.662 e. The van der Waals surface area contributed by atoms with E-state index >= 15 is 0 Å². The van der Waals surface area contributed by atoms with E-state index in [-0.39, 0.29) is 266 Å². The molecule has 0 rings (SSSR count). The van der Waals surface area contributed by atoms with E-state index in [4.69, 9.17) is 27.3 Å². The molecular formula is C18H42K3N3O18S6. The fourth-order valence-electron chi connectivity index (χ4n) is 2.49. The Kier molecular flexibility index (Phi) is 46.1. The van der Waals surface area contributed by atoms with Gasteiger partial charge in [0, 0.05) is 0 Å². The van der Waals surface area contributed by atoms with Crippen molar-refractivity contribution in [1.29, 1.82) is 0 Å². The fraction of sp³-hybridized carbons (Fsp3) is 1.00. The predicted molar refractivity (Wildman–Crippen MR) is 165 cm³/mol. The maximum absolute atomic E-state index is 10.3. The Morgan fingerprint density at radius 1 is 0.271 bits per heavy atom. The van der Waals surface area contributed by atoms with Crippen molar-refractivity contribution < 1.29 is 232 Å². The molecule has 0 heterocycles. The Bertz CT molecular complexity index is 1160. The first-order valence-electron chi connectivity index (χ1n) is 12.7. The third kappa shape index (κ3) is 75.2. The summed E-state index contributed by atoms with van der Waals surface area (Å²) in [6.45, 7) is 1.45. The number of rotatable bonds is 24. The second kappa shape index (κ2) is 34.5. The molecule has 48 heavy (non-hydrogen) atoms. The molecule has 0 unspecified atom stereocenters. The molecule has 0 radical (unpaired) electrons. The molecule has 0 atom stereocenters. The Morgan fingerprint density at radius 2 is 0.375 bits per heavy atom. The Morgan fingerprint density at radius 3 is 0.458 bits per heavy atom. The van der Waals surface area contributed by atoms with E-state index in [1.807, 2.05) is 0 Å². The van der Waals surface area contributed by atoms with E-state index in [0.29, 0.717) is 0 Å². The van der Waals surface area contributed by atoms with E-state index < -0.39 is 60.7 Å². The zero-order valence-electron chi connectivity index (χ0n) is 27.1. The van der Waals surface area contributed by atoms with Crippen LogP contribution in [0.1, 0.15) is 38.5 Å². The SMILES string of the molecule is O=S(=O)(O)CCC[N-]CCCS(=O)(=O)O.O=S(=O)(O)CCC[N-]CCCS(=O)(=O)O.O=S(=O)(O)CCC[N-]CCCS(=O)(=O)O.[K+].[K+].[K+]. The molecule has 0 aliphatic rings. The maximum Gasteiger partial charge on any atom is 1.00 e. The van der Waals surface area contributed by atoms with E-state index in [9.17, 15) is 50.5 Å². The van der Waals surface area contributed by atoms with Crippen molar-refractivity contribution in [3.05, 3.63) is 16.0 Å². The molecule has 0 aromatic heterocycles. The molecule has 0 aromatic carbocycles. The normalized spacial score (nSPS) is 12.1. The summed E-state index contributed by atoms with van der Waals surface area (Å²) in [6, 6.07) is 0. The van der Waals surface area contributed by atoms with Gasteiger partial charge in [-0.25, -0.2) is 0 Å². The van der Waals surface area contributed by atoms with Gasteiger partial charge < -0.3 is 16.0 Å². The first kappa shape index (κ1) is 64.2. The van der Waals surface area contributed by atoms with Gasteiger partial charge in [-0.3, -0.25) is 27.3 Å². The third-order valence-corrected chi connectivity index (χ3v) is 9.14. The summed E-state index contributed by atoms with van der Waals surface area (Å²) in [5, 5.41) is 11.5. The molecule has 0 aliphatic heterocycles. The van der Waals surface area contributed by atoms with Crippen molar-refractivity contribution in [2.45, 2.75) is 38.5 Å². The van der Waals surface area contributed by atoms with Gasteiger partial charge in [0.1, 0.15) is 0 Å². The first-order valence-corrected chi connectivity index (χ1v) is 22.4. The zero-order chi connectivity index (χ0) is 35.8. The van der Waals surface area contributed by atoms with Crippen molar-refractivity contribution in [2.24, 2.45) is 0 Å². The molecule has 0 saturated carbocycles. The Hall–Kier alpha value is 4.25. The van der Waals surface area contributed by atoms with Gasteiger partial charge in [0.15, 0.2) is 0 Å². The predicted octanol–water partition coefficient (Wildman–Crippen LogP) is -9.24. The van der Waals surface area contributed by atoms with E-state index in [1.54, 1.807) is 0 Å². The molecule has 0 bridgehead atoms. The summed E-state index contributed by atoms with van der Waals surface area (Å²) < 4.78 is 173. The van der Waals surface area contributed by atoms with Crippen LogP contribution in [0.15, 0.2) is 0 Å². The van der Waals surface area contributed by atoms with Crippen molar-refractivity contribution in [3.8, 4) is 0 Å². The number of nitrogens with zero attached hydrogens (tertiary/aromatic N) is 3. The van der Waals surface area contributed by atoms with E-state index in [0.717, 1.165) is 0 Å². The minimum atomic E-state index is -3.94. The van der Waals surface area contributed by atoms with Crippen LogP contribution in [0.3, 0.4) is 0 Å². The molecule has 6 N–H and O–H groups in total. The second-order valence-electron chi connectivity index (χ2n) is 8.85. The van der Waals surface area contributed by atoms with Gasteiger partial charge in [0.25, 0.3) is 60.7 Å². The van der Waals surface area contributed by atoms with Crippen LogP contribution in [0, 0.1) is 0 Å². The number of hydrogen-bond acceptors (Lipinski definition) is 12. The van der Waals surface area contributed by atoms with Crippen molar-refractivity contribution >= 4 is 60.7 Å². The van der Waals surface area contributed by atoms with Gasteiger partial charge in [0.2, 0.25) is 0 Å². The van der Waals surface area contributed by atoms with Gasteiger partial charge in [-0.05, 0) is 0 Å². The standard InChI is InChI=1S/3C6H14NO6S2.3K/c3*8-14(9,10)5-1-3-7-4-2-6-15(11,12)13;;;/h3*1-6H2,(H,8,9,10)(H,11,12,13);;;/q3*-1;3*+1. The Labute approximate surface area is 412 Å².